The number of hydrogen-bond donors (Lipinski definition) is 1. The zero-order chi connectivity index (χ0) is 23.3. The molecule has 3 heterocycles. The summed E-state index contributed by atoms with van der Waals surface area (Å²) in [4.78, 5) is 15.9. The van der Waals surface area contributed by atoms with E-state index in [0.717, 1.165) is 35.5 Å². The maximum Gasteiger partial charge on any atom is 0.433 e. The summed E-state index contributed by atoms with van der Waals surface area (Å²) >= 11 is 0.977. The molecule has 0 atom stereocenters. The van der Waals surface area contributed by atoms with Gasteiger partial charge in [-0.05, 0) is 23.7 Å². The molecular weight excluding hydrogens is 460 g/mol. The van der Waals surface area contributed by atoms with Crippen LogP contribution in [0.5, 0.6) is 0 Å². The molecule has 4 aromatic rings. The summed E-state index contributed by atoms with van der Waals surface area (Å²) in [7, 11) is 1.15. The summed E-state index contributed by atoms with van der Waals surface area (Å²) in [5.41, 5.74) is -4.16. The van der Waals surface area contributed by atoms with E-state index >= 15 is 0 Å². The Labute approximate surface area is 179 Å². The molecule has 1 amide bonds. The summed E-state index contributed by atoms with van der Waals surface area (Å²) in [6, 6.07) is 6.21. The number of benzene rings is 1. The van der Waals surface area contributed by atoms with E-state index < -0.39 is 40.9 Å². The number of pyridine rings is 1. The molecule has 0 saturated carbocycles. The Balaban J connectivity index is 1.82. The number of aryl methyl sites for hydroxylation is 1. The highest BCUT2D eigenvalue weighted by molar-refractivity contribution is 7.13. The minimum atomic E-state index is -4.97. The van der Waals surface area contributed by atoms with E-state index in [9.17, 15) is 31.1 Å². The number of rotatable bonds is 3. The maximum absolute atomic E-state index is 14.0. The van der Waals surface area contributed by atoms with Gasteiger partial charge in [0.1, 0.15) is 22.6 Å². The van der Waals surface area contributed by atoms with Crippen LogP contribution >= 0.6 is 11.5 Å². The molecule has 13 heteroatoms. The van der Waals surface area contributed by atoms with Gasteiger partial charge in [-0.25, -0.2) is 0 Å². The van der Waals surface area contributed by atoms with Gasteiger partial charge in [0.15, 0.2) is 0 Å². The Bertz CT molecular complexity index is 1320. The smallest absolute Gasteiger partial charge is 0.321 e. The molecule has 0 bridgehead atoms. The van der Waals surface area contributed by atoms with E-state index in [1.807, 2.05) is 0 Å². The third kappa shape index (κ3) is 3.90. The molecule has 0 spiro atoms. The van der Waals surface area contributed by atoms with Gasteiger partial charge in [-0.1, -0.05) is 18.2 Å². The molecule has 166 valence electrons. The molecule has 3 aromatic heterocycles. The van der Waals surface area contributed by atoms with Crippen molar-refractivity contribution in [1.82, 2.24) is 19.1 Å². The topological polar surface area (TPSA) is 72.7 Å². The Hall–Kier alpha value is -3.48. The number of anilines is 1. The lowest BCUT2D eigenvalue weighted by Gasteiger charge is -2.12. The number of nitrogens with one attached hydrogen (secondary N) is 1. The van der Waals surface area contributed by atoms with Crippen molar-refractivity contribution in [2.75, 3.05) is 5.32 Å². The molecule has 0 fully saturated rings. The van der Waals surface area contributed by atoms with Crippen molar-refractivity contribution >= 4 is 33.2 Å². The molecule has 0 unspecified atom stereocenters. The van der Waals surface area contributed by atoms with Crippen LogP contribution in [0, 0.1) is 0 Å². The zero-order valence-corrected chi connectivity index (χ0v) is 16.7. The Kier molecular flexibility index (Phi) is 5.15. The molecule has 6 nitrogen and oxygen atoms in total. The second-order valence-electron chi connectivity index (χ2n) is 6.62. The van der Waals surface area contributed by atoms with Gasteiger partial charge in [0.2, 0.25) is 0 Å². The quantitative estimate of drug-likeness (QED) is 0.407. The van der Waals surface area contributed by atoms with E-state index in [4.69, 9.17) is 0 Å². The van der Waals surface area contributed by atoms with E-state index in [1.165, 1.54) is 18.3 Å². The number of carbonyl (C=O) groups excluding carboxylic acids is 1. The highest BCUT2D eigenvalue weighted by atomic mass is 32.1. The van der Waals surface area contributed by atoms with Crippen molar-refractivity contribution in [3.63, 3.8) is 0 Å². The molecule has 1 aromatic carbocycles. The average molecular weight is 471 g/mol. The van der Waals surface area contributed by atoms with Crippen molar-refractivity contribution in [2.45, 2.75) is 12.4 Å². The van der Waals surface area contributed by atoms with Crippen molar-refractivity contribution in [1.29, 1.82) is 0 Å². The Morgan fingerprint density at radius 1 is 1.09 bits per heavy atom. The van der Waals surface area contributed by atoms with Crippen molar-refractivity contribution < 1.29 is 31.1 Å². The van der Waals surface area contributed by atoms with Gasteiger partial charge in [-0.3, -0.25) is 14.5 Å². The van der Waals surface area contributed by atoms with Crippen LogP contribution in [0.3, 0.4) is 0 Å². The highest BCUT2D eigenvalue weighted by Crippen LogP contribution is 2.42. The predicted molar refractivity (Wildman–Crippen MR) is 104 cm³/mol. The molecule has 0 aliphatic carbocycles. The van der Waals surface area contributed by atoms with Crippen LogP contribution in [0.1, 0.15) is 21.7 Å². The fourth-order valence-corrected chi connectivity index (χ4v) is 3.94. The maximum atomic E-state index is 14.0. The average Bonchev–Trinajstić information content (AvgIpc) is 3.31. The van der Waals surface area contributed by atoms with Crippen molar-refractivity contribution in [2.24, 2.45) is 7.05 Å². The number of hydrogen-bond acceptors (Lipinski definition) is 5. The van der Waals surface area contributed by atoms with Gasteiger partial charge in [0.25, 0.3) is 5.91 Å². The van der Waals surface area contributed by atoms with Gasteiger partial charge >= 0.3 is 12.4 Å². The van der Waals surface area contributed by atoms with Gasteiger partial charge in [0, 0.05) is 36.1 Å². The Morgan fingerprint density at radius 3 is 2.53 bits per heavy atom. The molecule has 1 N–H and O–H groups in total. The third-order valence-electron chi connectivity index (χ3n) is 4.49. The molecule has 4 rings (SSSR count). The first kappa shape index (κ1) is 21.7. The summed E-state index contributed by atoms with van der Waals surface area (Å²) in [6.45, 7) is 0. The molecule has 32 heavy (non-hydrogen) atoms. The lowest BCUT2D eigenvalue weighted by Crippen LogP contribution is -2.21. The monoisotopic (exact) mass is 471 g/mol. The lowest BCUT2D eigenvalue weighted by atomic mass is 10.0. The largest absolute Gasteiger partial charge is 0.433 e. The number of nitrogens with zero attached hydrogens (tertiary/aromatic N) is 4. The van der Waals surface area contributed by atoms with Gasteiger partial charge in [0.05, 0.1) is 4.70 Å². The number of carbonyl (C=O) groups is 1. The summed E-state index contributed by atoms with van der Waals surface area (Å²) < 4.78 is 85.9. The van der Waals surface area contributed by atoms with Crippen LogP contribution in [0.4, 0.5) is 32.0 Å². The first-order valence-electron chi connectivity index (χ1n) is 8.79. The van der Waals surface area contributed by atoms with E-state index in [0.29, 0.717) is 16.2 Å². The normalized spacial score (nSPS) is 12.3. The van der Waals surface area contributed by atoms with Gasteiger partial charge in [-0.2, -0.15) is 35.8 Å². The van der Waals surface area contributed by atoms with Crippen LogP contribution in [0.2, 0.25) is 0 Å². The highest BCUT2D eigenvalue weighted by Gasteiger charge is 2.42. The standard InChI is InChI=1S/C19H11F6N5OS/c1-30-15(17(31)28-10-5-6-26-12(7-10)18(20,21)22)13(19(23,24)25)14(29-30)11-4-2-3-9-8-27-32-16(9)11/h2-8H,1H3,(H,26,28,31). The third-order valence-corrected chi connectivity index (χ3v) is 5.34. The van der Waals surface area contributed by atoms with Gasteiger partial charge < -0.3 is 5.32 Å². The first-order valence-corrected chi connectivity index (χ1v) is 9.56. The predicted octanol–water partition coefficient (Wildman–Crippen LogP) is 5.38. The number of fused-ring (bicyclic) bond motifs is 1. The SMILES string of the molecule is Cn1nc(-c2cccc3cnsc23)c(C(F)(F)F)c1C(=O)Nc1ccnc(C(F)(F)F)c1. The van der Waals surface area contributed by atoms with Crippen molar-refractivity contribution in [3.05, 3.63) is 59.7 Å². The minimum Gasteiger partial charge on any atom is -0.321 e. The molecular formula is C19H11F6N5OS. The number of aromatic nitrogens is 4. The lowest BCUT2D eigenvalue weighted by molar-refractivity contribution is -0.141. The zero-order valence-electron chi connectivity index (χ0n) is 15.9. The summed E-state index contributed by atoms with van der Waals surface area (Å²) in [5, 5.41) is 6.60. The van der Waals surface area contributed by atoms with Gasteiger partial charge in [-0.15, -0.1) is 0 Å². The van der Waals surface area contributed by atoms with Crippen LogP contribution in [-0.2, 0) is 19.4 Å². The second-order valence-corrected chi connectivity index (χ2v) is 7.43. The Morgan fingerprint density at radius 2 is 1.84 bits per heavy atom. The molecule has 0 aliphatic rings. The van der Waals surface area contributed by atoms with Crippen LogP contribution < -0.4 is 5.32 Å². The summed E-state index contributed by atoms with van der Waals surface area (Å²) in [6.07, 6.45) is -7.47. The van der Waals surface area contributed by atoms with Crippen LogP contribution in [-0.4, -0.2) is 25.0 Å². The first-order chi connectivity index (χ1) is 15.0. The summed E-state index contributed by atoms with van der Waals surface area (Å²) in [5.74, 6) is -1.27. The molecule has 0 saturated heterocycles. The number of alkyl halides is 6. The fourth-order valence-electron chi connectivity index (χ4n) is 3.18. The number of amides is 1. The van der Waals surface area contributed by atoms with Crippen molar-refractivity contribution in [3.8, 4) is 11.3 Å². The van der Waals surface area contributed by atoms with E-state index in [1.54, 1.807) is 6.07 Å². The van der Waals surface area contributed by atoms with Crippen LogP contribution in [0.25, 0.3) is 21.3 Å². The van der Waals surface area contributed by atoms with E-state index in [-0.39, 0.29) is 11.3 Å². The minimum absolute atomic E-state index is 0.134. The van der Waals surface area contributed by atoms with E-state index in [2.05, 4.69) is 19.8 Å². The number of halogens is 6. The molecule has 0 aliphatic heterocycles. The fraction of sp³-hybridized carbons (Fsp3) is 0.158. The second kappa shape index (κ2) is 7.58. The molecule has 0 radical (unpaired) electrons. The van der Waals surface area contributed by atoms with Crippen LogP contribution in [0.15, 0.2) is 42.7 Å².